The third-order valence-electron chi connectivity index (χ3n) is 4.46. The van der Waals surface area contributed by atoms with Crippen molar-refractivity contribution in [1.29, 1.82) is 0 Å². The van der Waals surface area contributed by atoms with Crippen LogP contribution in [0.3, 0.4) is 0 Å². The van der Waals surface area contributed by atoms with E-state index in [1.807, 2.05) is 19.1 Å². The first-order chi connectivity index (χ1) is 12.1. The van der Waals surface area contributed by atoms with Gasteiger partial charge < -0.3 is 24.8 Å². The molecule has 6 nitrogen and oxygen atoms in total. The highest BCUT2D eigenvalue weighted by Gasteiger charge is 2.18. The lowest BCUT2D eigenvalue weighted by atomic mass is 9.94. The van der Waals surface area contributed by atoms with Crippen molar-refractivity contribution in [1.82, 2.24) is 10.6 Å². The van der Waals surface area contributed by atoms with Crippen LogP contribution in [0.5, 0.6) is 17.2 Å². The fourth-order valence-electron chi connectivity index (χ4n) is 2.96. The molecular formula is C19H28N2O4. The van der Waals surface area contributed by atoms with Gasteiger partial charge in [-0.25, -0.2) is 4.79 Å². The van der Waals surface area contributed by atoms with Crippen molar-refractivity contribution in [3.8, 4) is 17.2 Å². The number of methoxy groups -OCH3 is 3. The minimum absolute atomic E-state index is 0.171. The highest BCUT2D eigenvalue weighted by atomic mass is 16.5. The van der Waals surface area contributed by atoms with Crippen molar-refractivity contribution in [2.45, 2.75) is 32.2 Å². The highest BCUT2D eigenvalue weighted by Crippen LogP contribution is 2.39. The predicted molar refractivity (Wildman–Crippen MR) is 97.5 cm³/mol. The molecule has 0 aromatic heterocycles. The molecule has 2 rings (SSSR count). The molecule has 0 bridgehead atoms. The number of benzene rings is 1. The highest BCUT2D eigenvalue weighted by molar-refractivity contribution is 5.74. The van der Waals surface area contributed by atoms with E-state index < -0.39 is 0 Å². The number of ether oxygens (including phenoxy) is 3. The lowest BCUT2D eigenvalue weighted by molar-refractivity contribution is 0.235. The van der Waals surface area contributed by atoms with Crippen molar-refractivity contribution in [2.24, 2.45) is 5.92 Å². The third kappa shape index (κ3) is 5.05. The first-order valence-electron chi connectivity index (χ1n) is 8.58. The Hall–Kier alpha value is -2.37. The summed E-state index contributed by atoms with van der Waals surface area (Å²) in [5.74, 6) is 2.20. The summed E-state index contributed by atoms with van der Waals surface area (Å²) < 4.78 is 16.0. The normalized spacial score (nSPS) is 17.5. The van der Waals surface area contributed by atoms with Crippen molar-refractivity contribution in [3.05, 3.63) is 29.8 Å². The Balaban J connectivity index is 1.98. The first-order valence-corrected chi connectivity index (χ1v) is 8.58. The number of hydrogen-bond donors (Lipinski definition) is 2. The fraction of sp³-hybridized carbons (Fsp3) is 0.526. The number of carbonyl (C=O) groups is 1. The molecule has 0 spiro atoms. The average molecular weight is 348 g/mol. The molecule has 0 saturated carbocycles. The molecule has 0 saturated heterocycles. The lowest BCUT2D eigenvalue weighted by Gasteiger charge is -2.21. The summed E-state index contributed by atoms with van der Waals surface area (Å²) in [6.45, 7) is 2.61. The zero-order valence-corrected chi connectivity index (χ0v) is 15.4. The van der Waals surface area contributed by atoms with E-state index in [0.29, 0.717) is 29.7 Å². The van der Waals surface area contributed by atoms with Crippen LogP contribution in [0.25, 0.3) is 0 Å². The summed E-state index contributed by atoms with van der Waals surface area (Å²) >= 11 is 0. The quantitative estimate of drug-likeness (QED) is 0.741. The van der Waals surface area contributed by atoms with Gasteiger partial charge in [-0.2, -0.15) is 0 Å². The van der Waals surface area contributed by atoms with Gasteiger partial charge in [0.05, 0.1) is 27.4 Å². The van der Waals surface area contributed by atoms with E-state index in [-0.39, 0.29) is 12.1 Å². The number of amides is 2. The van der Waals surface area contributed by atoms with Gasteiger partial charge in [0.25, 0.3) is 0 Å². The smallest absolute Gasteiger partial charge is 0.315 e. The van der Waals surface area contributed by atoms with Crippen LogP contribution in [0.2, 0.25) is 0 Å². The molecular weight excluding hydrogens is 320 g/mol. The maximum absolute atomic E-state index is 12.2. The second-order valence-corrected chi connectivity index (χ2v) is 6.19. The number of nitrogens with one attached hydrogen (secondary N) is 2. The van der Waals surface area contributed by atoms with Crippen LogP contribution in [0.15, 0.2) is 24.3 Å². The summed E-state index contributed by atoms with van der Waals surface area (Å²) in [4.78, 5) is 12.2. The number of carbonyl (C=O) groups excluding carboxylic acids is 1. The van der Waals surface area contributed by atoms with Gasteiger partial charge in [-0.15, -0.1) is 0 Å². The van der Waals surface area contributed by atoms with Crippen LogP contribution in [-0.4, -0.2) is 33.9 Å². The van der Waals surface area contributed by atoms with E-state index in [1.54, 1.807) is 21.3 Å². The molecule has 2 atom stereocenters. The van der Waals surface area contributed by atoms with Gasteiger partial charge in [-0.3, -0.25) is 0 Å². The second kappa shape index (κ2) is 9.20. The van der Waals surface area contributed by atoms with Crippen LogP contribution in [0.1, 0.15) is 37.8 Å². The Morgan fingerprint density at radius 1 is 1.16 bits per heavy atom. The Labute approximate surface area is 149 Å². The van der Waals surface area contributed by atoms with Gasteiger partial charge in [0, 0.05) is 6.54 Å². The molecule has 138 valence electrons. The summed E-state index contributed by atoms with van der Waals surface area (Å²) in [5.41, 5.74) is 0.880. The van der Waals surface area contributed by atoms with Crippen LogP contribution >= 0.6 is 0 Å². The number of urea groups is 1. The van der Waals surface area contributed by atoms with E-state index >= 15 is 0 Å². The van der Waals surface area contributed by atoms with E-state index in [0.717, 1.165) is 24.8 Å². The van der Waals surface area contributed by atoms with Crippen LogP contribution in [0, 0.1) is 5.92 Å². The maximum Gasteiger partial charge on any atom is 0.315 e. The number of hydrogen-bond acceptors (Lipinski definition) is 4. The molecule has 0 fully saturated rings. The van der Waals surface area contributed by atoms with E-state index in [2.05, 4.69) is 22.8 Å². The molecule has 0 aliphatic heterocycles. The standard InChI is InChI=1S/C19H28N2O4/c1-13(21-19(22)20-12-14-8-6-5-7-9-14)15-10-16(23-2)18(25-4)17(11-15)24-3/h5-6,10-11,13-14H,7-9,12H2,1-4H3,(H2,20,21,22)/t13-,14+/m1/s1. The van der Waals surface area contributed by atoms with Gasteiger partial charge in [-0.1, -0.05) is 12.2 Å². The third-order valence-corrected chi connectivity index (χ3v) is 4.46. The van der Waals surface area contributed by atoms with E-state index in [9.17, 15) is 4.79 Å². The number of rotatable bonds is 7. The monoisotopic (exact) mass is 348 g/mol. The molecule has 2 amide bonds. The second-order valence-electron chi connectivity index (χ2n) is 6.19. The lowest BCUT2D eigenvalue weighted by Crippen LogP contribution is -2.39. The molecule has 0 heterocycles. The molecule has 1 aromatic rings. The van der Waals surface area contributed by atoms with Gasteiger partial charge in [0.1, 0.15) is 0 Å². The minimum Gasteiger partial charge on any atom is -0.493 e. The van der Waals surface area contributed by atoms with Crippen molar-refractivity contribution in [3.63, 3.8) is 0 Å². The summed E-state index contributed by atoms with van der Waals surface area (Å²) in [6, 6.07) is 3.33. The summed E-state index contributed by atoms with van der Waals surface area (Å²) in [5, 5.41) is 5.92. The molecule has 1 aliphatic rings. The fourth-order valence-corrected chi connectivity index (χ4v) is 2.96. The Kier molecular flexibility index (Phi) is 6.98. The molecule has 2 N–H and O–H groups in total. The average Bonchev–Trinajstić information content (AvgIpc) is 2.65. The van der Waals surface area contributed by atoms with E-state index in [1.165, 1.54) is 0 Å². The van der Waals surface area contributed by atoms with Crippen LogP contribution in [-0.2, 0) is 0 Å². The Bertz CT molecular complexity index is 590. The molecule has 0 unspecified atom stereocenters. The van der Waals surface area contributed by atoms with Crippen molar-refractivity contribution >= 4 is 6.03 Å². The maximum atomic E-state index is 12.2. The van der Waals surface area contributed by atoms with Crippen LogP contribution in [0.4, 0.5) is 4.79 Å². The molecule has 1 aliphatic carbocycles. The number of allylic oxidation sites excluding steroid dienone is 2. The molecule has 6 heteroatoms. The Morgan fingerprint density at radius 3 is 2.36 bits per heavy atom. The van der Waals surface area contributed by atoms with Gasteiger partial charge in [-0.05, 0) is 49.8 Å². The Morgan fingerprint density at radius 2 is 1.84 bits per heavy atom. The predicted octanol–water partition coefficient (Wildman–Crippen LogP) is 3.43. The van der Waals surface area contributed by atoms with Gasteiger partial charge >= 0.3 is 6.03 Å². The zero-order valence-electron chi connectivity index (χ0n) is 15.4. The molecule has 1 aromatic carbocycles. The van der Waals surface area contributed by atoms with Gasteiger partial charge in [0.15, 0.2) is 11.5 Å². The molecule has 25 heavy (non-hydrogen) atoms. The minimum atomic E-state index is -0.194. The summed E-state index contributed by atoms with van der Waals surface area (Å²) in [7, 11) is 4.71. The van der Waals surface area contributed by atoms with Crippen molar-refractivity contribution in [2.75, 3.05) is 27.9 Å². The largest absolute Gasteiger partial charge is 0.493 e. The molecule has 0 radical (unpaired) electrons. The van der Waals surface area contributed by atoms with Gasteiger partial charge in [0.2, 0.25) is 5.75 Å². The van der Waals surface area contributed by atoms with Crippen molar-refractivity contribution < 1.29 is 19.0 Å². The van der Waals surface area contributed by atoms with Crippen LogP contribution < -0.4 is 24.8 Å². The summed E-state index contributed by atoms with van der Waals surface area (Å²) in [6.07, 6.45) is 7.63. The van der Waals surface area contributed by atoms with E-state index in [4.69, 9.17) is 14.2 Å². The topological polar surface area (TPSA) is 68.8 Å². The first kappa shape index (κ1) is 19.0. The zero-order chi connectivity index (χ0) is 18.2. The SMILES string of the molecule is COc1cc([C@@H](C)NC(=O)NC[C@H]2CC=CCC2)cc(OC)c1OC.